The van der Waals surface area contributed by atoms with Crippen LogP contribution in [0.3, 0.4) is 0 Å². The number of hydrogen-bond acceptors (Lipinski definition) is 4. The van der Waals surface area contributed by atoms with Crippen LogP contribution in [0.1, 0.15) is 11.4 Å². The second-order valence-electron chi connectivity index (χ2n) is 4.29. The predicted octanol–water partition coefficient (Wildman–Crippen LogP) is 1.64. The number of benzene rings is 1. The van der Waals surface area contributed by atoms with Crippen LogP contribution in [0.5, 0.6) is 0 Å². The molecule has 1 aromatic heterocycles. The Morgan fingerprint density at radius 3 is 2.45 bits per heavy atom. The van der Waals surface area contributed by atoms with Gasteiger partial charge in [0.25, 0.3) is 0 Å². The van der Waals surface area contributed by atoms with Gasteiger partial charge in [0.05, 0.1) is 11.3 Å². The maximum atomic E-state index is 14.0. The van der Waals surface area contributed by atoms with Gasteiger partial charge in [0.15, 0.2) is 5.82 Å². The fourth-order valence-corrected chi connectivity index (χ4v) is 1.86. The Morgan fingerprint density at radius 1 is 1.36 bits per heavy atom. The summed E-state index contributed by atoms with van der Waals surface area (Å²) in [5.41, 5.74) is -1.54. The van der Waals surface area contributed by atoms with E-state index in [1.807, 2.05) is 0 Å². The standard InChI is InChI=1S/C12H9F4N5O/c1-18-8-4-9(7(13)3-6(8)5-17)21-11(22)20(2)10(19-21)12(14,15)16/h3-4,18H,1-2H3. The lowest BCUT2D eigenvalue weighted by Gasteiger charge is -2.07. The maximum absolute atomic E-state index is 14.0. The highest BCUT2D eigenvalue weighted by Crippen LogP contribution is 2.27. The second-order valence-corrected chi connectivity index (χ2v) is 4.29. The van der Waals surface area contributed by atoms with Crippen molar-refractivity contribution in [2.45, 2.75) is 6.18 Å². The second kappa shape index (κ2) is 5.18. The van der Waals surface area contributed by atoms with Crippen LogP contribution in [0, 0.1) is 17.1 Å². The van der Waals surface area contributed by atoms with E-state index in [1.165, 1.54) is 7.05 Å². The van der Waals surface area contributed by atoms with Crippen molar-refractivity contribution in [3.63, 3.8) is 0 Å². The number of aromatic nitrogens is 3. The Morgan fingerprint density at radius 2 is 2.00 bits per heavy atom. The highest BCUT2D eigenvalue weighted by Gasteiger charge is 2.38. The largest absolute Gasteiger partial charge is 0.451 e. The Kier molecular flexibility index (Phi) is 3.66. The highest BCUT2D eigenvalue weighted by molar-refractivity contribution is 5.62. The van der Waals surface area contributed by atoms with Crippen LogP contribution in [-0.4, -0.2) is 21.4 Å². The molecule has 0 fully saturated rings. The van der Waals surface area contributed by atoms with Crippen molar-refractivity contribution in [1.29, 1.82) is 5.26 Å². The number of nitrogens with one attached hydrogen (secondary N) is 1. The average Bonchev–Trinajstić information content (AvgIpc) is 2.75. The van der Waals surface area contributed by atoms with Crippen molar-refractivity contribution >= 4 is 5.69 Å². The molecule has 0 amide bonds. The van der Waals surface area contributed by atoms with Gasteiger partial charge in [-0.05, 0) is 12.1 Å². The van der Waals surface area contributed by atoms with Crippen LogP contribution >= 0.6 is 0 Å². The van der Waals surface area contributed by atoms with Gasteiger partial charge in [-0.15, -0.1) is 5.10 Å². The molecular formula is C12H9F4N5O. The lowest BCUT2D eigenvalue weighted by atomic mass is 10.1. The Bertz CT molecular complexity index is 828. The first-order chi connectivity index (χ1) is 10.2. The van der Waals surface area contributed by atoms with E-state index in [1.54, 1.807) is 6.07 Å². The molecule has 0 atom stereocenters. The zero-order valence-electron chi connectivity index (χ0n) is 11.4. The Hall–Kier alpha value is -2.83. The third kappa shape index (κ3) is 2.41. The van der Waals surface area contributed by atoms with Crippen LogP contribution in [-0.2, 0) is 13.2 Å². The fourth-order valence-electron chi connectivity index (χ4n) is 1.86. The van der Waals surface area contributed by atoms with E-state index in [4.69, 9.17) is 5.26 Å². The smallest absolute Gasteiger partial charge is 0.387 e. The molecule has 0 aliphatic carbocycles. The van der Waals surface area contributed by atoms with Crippen molar-refractivity contribution in [2.75, 3.05) is 12.4 Å². The highest BCUT2D eigenvalue weighted by atomic mass is 19.4. The Balaban J connectivity index is 2.74. The molecule has 2 aromatic rings. The minimum atomic E-state index is -4.85. The van der Waals surface area contributed by atoms with Gasteiger partial charge in [0, 0.05) is 14.1 Å². The number of nitrogens with zero attached hydrogens (tertiary/aromatic N) is 4. The van der Waals surface area contributed by atoms with Gasteiger partial charge < -0.3 is 5.32 Å². The van der Waals surface area contributed by atoms with E-state index in [9.17, 15) is 22.4 Å². The van der Waals surface area contributed by atoms with E-state index in [0.717, 1.165) is 19.2 Å². The van der Waals surface area contributed by atoms with Crippen molar-refractivity contribution < 1.29 is 17.6 Å². The molecular weight excluding hydrogens is 306 g/mol. The molecule has 0 radical (unpaired) electrons. The monoisotopic (exact) mass is 315 g/mol. The van der Waals surface area contributed by atoms with Crippen molar-refractivity contribution in [2.24, 2.45) is 7.05 Å². The first-order valence-corrected chi connectivity index (χ1v) is 5.85. The van der Waals surface area contributed by atoms with Crippen LogP contribution in [0.2, 0.25) is 0 Å². The molecule has 2 rings (SSSR count). The van der Waals surface area contributed by atoms with Crippen molar-refractivity contribution in [3.8, 4) is 11.8 Å². The quantitative estimate of drug-likeness (QED) is 0.855. The SMILES string of the molecule is CNc1cc(-n2nc(C(F)(F)F)n(C)c2=O)c(F)cc1C#N. The van der Waals surface area contributed by atoms with E-state index in [2.05, 4.69) is 10.4 Å². The molecule has 0 saturated heterocycles. The van der Waals surface area contributed by atoms with Crippen LogP contribution in [0.15, 0.2) is 16.9 Å². The van der Waals surface area contributed by atoms with Gasteiger partial charge in [0.2, 0.25) is 5.82 Å². The number of rotatable bonds is 2. The van der Waals surface area contributed by atoms with Crippen LogP contribution in [0.4, 0.5) is 23.2 Å². The van der Waals surface area contributed by atoms with Gasteiger partial charge in [0.1, 0.15) is 11.8 Å². The molecule has 0 aliphatic rings. The molecule has 0 saturated carbocycles. The summed E-state index contributed by atoms with van der Waals surface area (Å²) in [6.45, 7) is 0. The molecule has 1 heterocycles. The molecule has 1 aromatic carbocycles. The molecule has 0 aliphatic heterocycles. The zero-order chi connectivity index (χ0) is 16.7. The summed E-state index contributed by atoms with van der Waals surface area (Å²) in [6, 6.07) is 3.59. The topological polar surface area (TPSA) is 75.6 Å². The number of anilines is 1. The summed E-state index contributed by atoms with van der Waals surface area (Å²) in [5, 5.41) is 14.6. The van der Waals surface area contributed by atoms with E-state index in [-0.39, 0.29) is 15.8 Å². The number of hydrogen-bond donors (Lipinski definition) is 1. The summed E-state index contributed by atoms with van der Waals surface area (Å²) in [4.78, 5) is 11.9. The zero-order valence-corrected chi connectivity index (χ0v) is 11.4. The number of nitriles is 1. The third-order valence-corrected chi connectivity index (χ3v) is 2.94. The summed E-state index contributed by atoms with van der Waals surface area (Å²) in [7, 11) is 2.33. The molecule has 6 nitrogen and oxygen atoms in total. The first-order valence-electron chi connectivity index (χ1n) is 5.85. The average molecular weight is 315 g/mol. The van der Waals surface area contributed by atoms with Crippen molar-refractivity contribution in [3.05, 3.63) is 39.8 Å². The van der Waals surface area contributed by atoms with Crippen LogP contribution in [0.25, 0.3) is 5.69 Å². The summed E-state index contributed by atoms with van der Waals surface area (Å²) < 4.78 is 52.8. The van der Waals surface area contributed by atoms with Gasteiger partial charge in [-0.2, -0.15) is 23.1 Å². The van der Waals surface area contributed by atoms with E-state index in [0.29, 0.717) is 4.68 Å². The van der Waals surface area contributed by atoms with Gasteiger partial charge in [-0.3, -0.25) is 4.57 Å². The summed E-state index contributed by atoms with van der Waals surface area (Å²) in [5.74, 6) is -2.49. The summed E-state index contributed by atoms with van der Waals surface area (Å²) >= 11 is 0. The minimum absolute atomic E-state index is 0.0521. The van der Waals surface area contributed by atoms with Gasteiger partial charge >= 0.3 is 11.9 Å². The normalized spacial score (nSPS) is 11.3. The Labute approximate surface area is 121 Å². The van der Waals surface area contributed by atoms with E-state index < -0.39 is 29.2 Å². The van der Waals surface area contributed by atoms with Gasteiger partial charge in [-0.25, -0.2) is 9.18 Å². The minimum Gasteiger partial charge on any atom is -0.387 e. The maximum Gasteiger partial charge on any atom is 0.451 e. The lowest BCUT2D eigenvalue weighted by Crippen LogP contribution is -2.24. The molecule has 0 spiro atoms. The molecule has 0 bridgehead atoms. The van der Waals surface area contributed by atoms with Gasteiger partial charge in [-0.1, -0.05) is 0 Å². The molecule has 22 heavy (non-hydrogen) atoms. The lowest BCUT2D eigenvalue weighted by molar-refractivity contribution is -0.147. The molecule has 1 N–H and O–H groups in total. The third-order valence-electron chi connectivity index (χ3n) is 2.94. The van der Waals surface area contributed by atoms with E-state index >= 15 is 0 Å². The number of alkyl halides is 3. The van der Waals surface area contributed by atoms with Crippen molar-refractivity contribution in [1.82, 2.24) is 14.3 Å². The molecule has 116 valence electrons. The number of halogens is 4. The predicted molar refractivity (Wildman–Crippen MR) is 68.0 cm³/mol. The fraction of sp³-hybridized carbons (Fsp3) is 0.250. The van der Waals surface area contributed by atoms with Crippen LogP contribution < -0.4 is 11.0 Å². The molecule has 10 heteroatoms. The summed E-state index contributed by atoms with van der Waals surface area (Å²) in [6.07, 6.45) is -4.85. The molecule has 0 unspecified atom stereocenters. The first kappa shape index (κ1) is 15.6.